The Labute approximate surface area is 173 Å². The largest absolute Gasteiger partial charge is 0.380 e. The van der Waals surface area contributed by atoms with Crippen LogP contribution in [0.1, 0.15) is 21.7 Å². The van der Waals surface area contributed by atoms with Gasteiger partial charge in [-0.2, -0.15) is 0 Å². The highest BCUT2D eigenvalue weighted by Crippen LogP contribution is 2.16. The SMILES string of the molecule is COCc1cccc(NC(=O)c2ccc(-n3c(C)nc4ccccc4c3=O)cc2)c1. The fourth-order valence-electron chi connectivity index (χ4n) is 3.42. The minimum Gasteiger partial charge on any atom is -0.380 e. The first kappa shape index (κ1) is 19.5. The number of nitrogens with zero attached hydrogens (tertiary/aromatic N) is 2. The second-order valence-corrected chi connectivity index (χ2v) is 6.95. The first-order valence-corrected chi connectivity index (χ1v) is 9.55. The Hall–Kier alpha value is -3.77. The van der Waals surface area contributed by atoms with Crippen molar-refractivity contribution in [2.24, 2.45) is 0 Å². The number of hydrogen-bond acceptors (Lipinski definition) is 4. The zero-order valence-electron chi connectivity index (χ0n) is 16.8. The minimum atomic E-state index is -0.225. The topological polar surface area (TPSA) is 73.2 Å². The molecule has 0 fully saturated rings. The molecule has 1 heterocycles. The predicted molar refractivity (Wildman–Crippen MR) is 117 cm³/mol. The van der Waals surface area contributed by atoms with Gasteiger partial charge in [0.2, 0.25) is 0 Å². The highest BCUT2D eigenvalue weighted by atomic mass is 16.5. The van der Waals surface area contributed by atoms with Crippen LogP contribution in [0.2, 0.25) is 0 Å². The number of anilines is 1. The molecule has 150 valence electrons. The normalized spacial score (nSPS) is 10.9. The number of amides is 1. The molecule has 0 spiro atoms. The molecule has 0 radical (unpaired) electrons. The lowest BCUT2D eigenvalue weighted by atomic mass is 10.1. The maximum atomic E-state index is 12.9. The van der Waals surface area contributed by atoms with Crippen molar-refractivity contribution in [3.8, 4) is 5.69 Å². The molecule has 0 aliphatic rings. The van der Waals surface area contributed by atoms with E-state index in [1.807, 2.05) is 42.5 Å². The number of ether oxygens (including phenoxy) is 1. The zero-order valence-corrected chi connectivity index (χ0v) is 16.8. The number of carbonyl (C=O) groups is 1. The number of aryl methyl sites for hydroxylation is 1. The summed E-state index contributed by atoms with van der Waals surface area (Å²) in [5.41, 5.74) is 3.37. The number of para-hydroxylation sites is 1. The van der Waals surface area contributed by atoms with Crippen LogP contribution in [0.5, 0.6) is 0 Å². The number of carbonyl (C=O) groups excluding carboxylic acids is 1. The third kappa shape index (κ3) is 3.86. The van der Waals surface area contributed by atoms with E-state index in [4.69, 9.17) is 4.74 Å². The Morgan fingerprint density at radius 3 is 2.57 bits per heavy atom. The Morgan fingerprint density at radius 1 is 1.03 bits per heavy atom. The van der Waals surface area contributed by atoms with Gasteiger partial charge in [0, 0.05) is 18.4 Å². The number of aromatic nitrogens is 2. The molecule has 4 rings (SSSR count). The predicted octanol–water partition coefficient (Wildman–Crippen LogP) is 4.09. The highest BCUT2D eigenvalue weighted by Gasteiger charge is 2.11. The fraction of sp³-hybridized carbons (Fsp3) is 0.125. The molecule has 0 bridgehead atoms. The molecule has 3 aromatic carbocycles. The third-order valence-corrected chi connectivity index (χ3v) is 4.83. The molecule has 1 aromatic heterocycles. The highest BCUT2D eigenvalue weighted by molar-refractivity contribution is 6.04. The van der Waals surface area contributed by atoms with Crippen LogP contribution in [-0.4, -0.2) is 22.6 Å². The van der Waals surface area contributed by atoms with Crippen LogP contribution < -0.4 is 10.9 Å². The summed E-state index contributed by atoms with van der Waals surface area (Å²) in [7, 11) is 1.63. The van der Waals surface area contributed by atoms with Crippen LogP contribution in [0.25, 0.3) is 16.6 Å². The average Bonchev–Trinajstić information content (AvgIpc) is 2.75. The molecule has 0 saturated carbocycles. The number of methoxy groups -OCH3 is 1. The van der Waals surface area contributed by atoms with Gasteiger partial charge >= 0.3 is 0 Å². The summed E-state index contributed by atoms with van der Waals surface area (Å²) in [5.74, 6) is 0.364. The summed E-state index contributed by atoms with van der Waals surface area (Å²) in [6, 6.07) is 21.7. The van der Waals surface area contributed by atoms with E-state index in [0.29, 0.717) is 40.3 Å². The van der Waals surface area contributed by atoms with E-state index in [0.717, 1.165) is 5.56 Å². The zero-order chi connectivity index (χ0) is 21.1. The van der Waals surface area contributed by atoms with E-state index < -0.39 is 0 Å². The third-order valence-electron chi connectivity index (χ3n) is 4.83. The van der Waals surface area contributed by atoms with Crippen LogP contribution in [0.4, 0.5) is 5.69 Å². The molecule has 30 heavy (non-hydrogen) atoms. The van der Waals surface area contributed by atoms with Crippen LogP contribution in [0.3, 0.4) is 0 Å². The first-order valence-electron chi connectivity index (χ1n) is 9.55. The molecular weight excluding hydrogens is 378 g/mol. The Balaban J connectivity index is 1.60. The second kappa shape index (κ2) is 8.31. The fourth-order valence-corrected chi connectivity index (χ4v) is 3.42. The van der Waals surface area contributed by atoms with Crippen molar-refractivity contribution in [1.82, 2.24) is 9.55 Å². The van der Waals surface area contributed by atoms with Crippen LogP contribution >= 0.6 is 0 Å². The van der Waals surface area contributed by atoms with Gasteiger partial charge < -0.3 is 10.1 Å². The molecule has 0 saturated heterocycles. The Kier molecular flexibility index (Phi) is 5.41. The molecule has 0 unspecified atom stereocenters. The molecule has 4 aromatic rings. The van der Waals surface area contributed by atoms with E-state index in [1.165, 1.54) is 0 Å². The molecule has 1 N–H and O–H groups in total. The van der Waals surface area contributed by atoms with E-state index >= 15 is 0 Å². The molecule has 0 aliphatic carbocycles. The number of rotatable bonds is 5. The summed E-state index contributed by atoms with van der Waals surface area (Å²) < 4.78 is 6.68. The Bertz CT molecular complexity index is 1280. The van der Waals surface area contributed by atoms with Crippen molar-refractivity contribution in [2.75, 3.05) is 12.4 Å². The van der Waals surface area contributed by atoms with Crippen LogP contribution in [0.15, 0.2) is 77.6 Å². The summed E-state index contributed by atoms with van der Waals surface area (Å²) in [6.07, 6.45) is 0. The van der Waals surface area contributed by atoms with E-state index in [1.54, 1.807) is 48.9 Å². The molecular formula is C24H21N3O3. The molecule has 6 heteroatoms. The van der Waals surface area contributed by atoms with E-state index in [9.17, 15) is 9.59 Å². The summed E-state index contributed by atoms with van der Waals surface area (Å²) in [4.78, 5) is 30.1. The van der Waals surface area contributed by atoms with Gasteiger partial charge in [-0.3, -0.25) is 14.2 Å². The number of benzene rings is 3. The summed E-state index contributed by atoms with van der Waals surface area (Å²) >= 11 is 0. The molecule has 1 amide bonds. The van der Waals surface area contributed by atoms with Crippen molar-refractivity contribution < 1.29 is 9.53 Å². The Morgan fingerprint density at radius 2 is 1.80 bits per heavy atom. The first-order chi connectivity index (χ1) is 14.6. The van der Waals surface area contributed by atoms with Gasteiger partial charge in [0.05, 0.1) is 23.2 Å². The lowest BCUT2D eigenvalue weighted by Crippen LogP contribution is -2.22. The van der Waals surface area contributed by atoms with E-state index in [2.05, 4.69) is 10.3 Å². The van der Waals surface area contributed by atoms with Crippen molar-refractivity contribution >= 4 is 22.5 Å². The standard InChI is InChI=1S/C24H21N3O3/c1-16-25-22-9-4-3-8-21(22)24(29)27(16)20-12-10-18(11-13-20)23(28)26-19-7-5-6-17(14-19)15-30-2/h3-14H,15H2,1-2H3,(H,26,28). The lowest BCUT2D eigenvalue weighted by Gasteiger charge is -2.12. The maximum absolute atomic E-state index is 12.9. The van der Waals surface area contributed by atoms with E-state index in [-0.39, 0.29) is 11.5 Å². The number of nitrogens with one attached hydrogen (secondary N) is 1. The smallest absolute Gasteiger partial charge is 0.265 e. The van der Waals surface area contributed by atoms with Gasteiger partial charge in [-0.15, -0.1) is 0 Å². The van der Waals surface area contributed by atoms with Crippen LogP contribution in [-0.2, 0) is 11.3 Å². The van der Waals surface area contributed by atoms with Gasteiger partial charge in [0.15, 0.2) is 0 Å². The average molecular weight is 399 g/mol. The van der Waals surface area contributed by atoms with Crippen molar-refractivity contribution in [1.29, 1.82) is 0 Å². The van der Waals surface area contributed by atoms with Crippen molar-refractivity contribution in [2.45, 2.75) is 13.5 Å². The minimum absolute atomic E-state index is 0.134. The van der Waals surface area contributed by atoms with Crippen LogP contribution in [0, 0.1) is 6.92 Å². The summed E-state index contributed by atoms with van der Waals surface area (Å²) in [5, 5.41) is 3.44. The maximum Gasteiger partial charge on any atom is 0.265 e. The molecule has 6 nitrogen and oxygen atoms in total. The molecule has 0 atom stereocenters. The van der Waals surface area contributed by atoms with Gasteiger partial charge in [0.1, 0.15) is 5.82 Å². The van der Waals surface area contributed by atoms with Gasteiger partial charge in [-0.25, -0.2) is 4.98 Å². The van der Waals surface area contributed by atoms with Gasteiger partial charge in [0.25, 0.3) is 11.5 Å². The monoisotopic (exact) mass is 399 g/mol. The van der Waals surface area contributed by atoms with Crippen molar-refractivity contribution in [3.05, 3.63) is 100 Å². The lowest BCUT2D eigenvalue weighted by molar-refractivity contribution is 0.102. The quantitative estimate of drug-likeness (QED) is 0.549. The van der Waals surface area contributed by atoms with Gasteiger partial charge in [-0.1, -0.05) is 24.3 Å². The number of fused-ring (bicyclic) bond motifs is 1. The van der Waals surface area contributed by atoms with Gasteiger partial charge in [-0.05, 0) is 61.0 Å². The molecule has 0 aliphatic heterocycles. The second-order valence-electron chi connectivity index (χ2n) is 6.95. The van der Waals surface area contributed by atoms with Crippen molar-refractivity contribution in [3.63, 3.8) is 0 Å². The number of hydrogen-bond donors (Lipinski definition) is 1. The summed E-state index contributed by atoms with van der Waals surface area (Å²) in [6.45, 7) is 2.27.